The Balaban J connectivity index is 2.28. The van der Waals surface area contributed by atoms with E-state index in [0.717, 1.165) is 46.0 Å². The Kier molecular flexibility index (Phi) is 3.29. The van der Waals surface area contributed by atoms with Crippen molar-refractivity contribution in [3.63, 3.8) is 0 Å². The third kappa shape index (κ3) is 2.23. The maximum absolute atomic E-state index is 5.87. The van der Waals surface area contributed by atoms with E-state index >= 15 is 0 Å². The Bertz CT molecular complexity index is 805. The second-order valence-corrected chi connectivity index (χ2v) is 5.12. The number of fused-ring (bicyclic) bond motifs is 1. The zero-order valence-corrected chi connectivity index (χ0v) is 12.6. The lowest BCUT2D eigenvalue weighted by Gasteiger charge is -2.12. The lowest BCUT2D eigenvalue weighted by atomic mass is 10.1. The third-order valence-electron chi connectivity index (χ3n) is 3.71. The molecule has 4 heteroatoms. The van der Waals surface area contributed by atoms with Crippen LogP contribution in [0, 0.1) is 6.92 Å². The first-order chi connectivity index (χ1) is 10.1. The van der Waals surface area contributed by atoms with Gasteiger partial charge in [0, 0.05) is 12.1 Å². The van der Waals surface area contributed by atoms with Crippen molar-refractivity contribution in [2.75, 3.05) is 12.8 Å². The normalized spacial score (nSPS) is 11.0. The Morgan fingerprint density at radius 2 is 2.00 bits per heavy atom. The van der Waals surface area contributed by atoms with Crippen LogP contribution >= 0.6 is 0 Å². The Morgan fingerprint density at radius 3 is 2.67 bits per heavy atom. The molecule has 0 fully saturated rings. The summed E-state index contributed by atoms with van der Waals surface area (Å²) in [7, 11) is 1.68. The molecule has 0 radical (unpaired) electrons. The van der Waals surface area contributed by atoms with Gasteiger partial charge in [-0.05, 0) is 48.9 Å². The van der Waals surface area contributed by atoms with Crippen molar-refractivity contribution in [1.82, 2.24) is 9.55 Å². The third-order valence-corrected chi connectivity index (χ3v) is 3.71. The topological polar surface area (TPSA) is 53.1 Å². The molecule has 3 rings (SSSR count). The minimum absolute atomic E-state index is 0.737. The maximum Gasteiger partial charge on any atom is 0.119 e. The molecule has 0 aliphatic carbocycles. The molecule has 108 valence electrons. The van der Waals surface area contributed by atoms with Crippen LogP contribution in [0.15, 0.2) is 36.4 Å². The highest BCUT2D eigenvalue weighted by atomic mass is 16.5. The molecule has 0 saturated heterocycles. The van der Waals surface area contributed by atoms with Crippen LogP contribution in [-0.2, 0) is 6.42 Å². The molecule has 0 aliphatic heterocycles. The van der Waals surface area contributed by atoms with E-state index in [4.69, 9.17) is 15.5 Å². The van der Waals surface area contributed by atoms with Gasteiger partial charge in [-0.2, -0.15) is 0 Å². The van der Waals surface area contributed by atoms with Crippen LogP contribution in [0.4, 0.5) is 5.69 Å². The molecule has 0 unspecified atom stereocenters. The zero-order valence-electron chi connectivity index (χ0n) is 12.6. The molecule has 0 bridgehead atoms. The number of nitrogens with zero attached hydrogens (tertiary/aromatic N) is 2. The number of hydrogen-bond acceptors (Lipinski definition) is 3. The molecule has 0 saturated carbocycles. The van der Waals surface area contributed by atoms with Gasteiger partial charge in [0.15, 0.2) is 0 Å². The number of methoxy groups -OCH3 is 1. The quantitative estimate of drug-likeness (QED) is 0.748. The molecule has 0 amide bonds. The number of ether oxygens (including phenoxy) is 1. The van der Waals surface area contributed by atoms with Gasteiger partial charge in [-0.25, -0.2) is 4.98 Å². The molecular weight excluding hydrogens is 262 g/mol. The zero-order chi connectivity index (χ0) is 15.0. The van der Waals surface area contributed by atoms with Gasteiger partial charge in [0.25, 0.3) is 0 Å². The first kappa shape index (κ1) is 13.5. The second kappa shape index (κ2) is 5.13. The fourth-order valence-electron chi connectivity index (χ4n) is 2.66. The number of anilines is 1. The lowest BCUT2D eigenvalue weighted by molar-refractivity contribution is 0.414. The van der Waals surface area contributed by atoms with Gasteiger partial charge >= 0.3 is 0 Å². The minimum Gasteiger partial charge on any atom is -0.497 e. The van der Waals surface area contributed by atoms with Gasteiger partial charge in [0.1, 0.15) is 11.6 Å². The van der Waals surface area contributed by atoms with E-state index < -0.39 is 0 Å². The van der Waals surface area contributed by atoms with Crippen molar-refractivity contribution >= 4 is 16.7 Å². The second-order valence-electron chi connectivity index (χ2n) is 5.12. The number of rotatable bonds is 3. The fraction of sp³-hybridized carbons (Fsp3) is 0.235. The SMILES string of the molecule is CCc1nc2cc(N)ccc2n1-c1ccc(OC)cc1C. The maximum atomic E-state index is 5.87. The Labute approximate surface area is 124 Å². The van der Waals surface area contributed by atoms with E-state index in [0.29, 0.717) is 0 Å². The molecule has 4 nitrogen and oxygen atoms in total. The van der Waals surface area contributed by atoms with Gasteiger partial charge in [0.05, 0.1) is 23.8 Å². The molecule has 21 heavy (non-hydrogen) atoms. The van der Waals surface area contributed by atoms with Gasteiger partial charge in [-0.15, -0.1) is 0 Å². The number of aromatic nitrogens is 2. The van der Waals surface area contributed by atoms with Crippen molar-refractivity contribution < 1.29 is 4.74 Å². The molecule has 0 spiro atoms. The van der Waals surface area contributed by atoms with Gasteiger partial charge < -0.3 is 10.5 Å². The summed E-state index contributed by atoms with van der Waals surface area (Å²) in [5.74, 6) is 1.90. The summed E-state index contributed by atoms with van der Waals surface area (Å²) in [6, 6.07) is 12.0. The predicted octanol–water partition coefficient (Wildman–Crippen LogP) is 3.49. The Hall–Kier alpha value is -2.49. The highest BCUT2D eigenvalue weighted by Gasteiger charge is 2.13. The van der Waals surface area contributed by atoms with E-state index in [1.165, 1.54) is 0 Å². The summed E-state index contributed by atoms with van der Waals surface area (Å²) in [5.41, 5.74) is 10.9. The van der Waals surface area contributed by atoms with Crippen molar-refractivity contribution in [2.45, 2.75) is 20.3 Å². The fourth-order valence-corrected chi connectivity index (χ4v) is 2.66. The summed E-state index contributed by atoms with van der Waals surface area (Å²) in [6.45, 7) is 4.19. The minimum atomic E-state index is 0.737. The van der Waals surface area contributed by atoms with Crippen LogP contribution in [0.25, 0.3) is 16.7 Å². The predicted molar refractivity (Wildman–Crippen MR) is 86.1 cm³/mol. The largest absolute Gasteiger partial charge is 0.497 e. The van der Waals surface area contributed by atoms with Crippen LogP contribution in [0.1, 0.15) is 18.3 Å². The average Bonchev–Trinajstić information content (AvgIpc) is 2.84. The number of imidazole rings is 1. The molecule has 2 aromatic carbocycles. The lowest BCUT2D eigenvalue weighted by Crippen LogP contribution is -2.02. The summed E-state index contributed by atoms with van der Waals surface area (Å²) >= 11 is 0. The van der Waals surface area contributed by atoms with E-state index in [2.05, 4.69) is 24.5 Å². The molecular formula is C17H19N3O. The first-order valence-corrected chi connectivity index (χ1v) is 7.06. The highest BCUT2D eigenvalue weighted by molar-refractivity contribution is 5.81. The average molecular weight is 281 g/mol. The van der Waals surface area contributed by atoms with Crippen LogP contribution in [0.5, 0.6) is 5.75 Å². The summed E-state index contributed by atoms with van der Waals surface area (Å²) < 4.78 is 7.48. The van der Waals surface area contributed by atoms with Crippen LogP contribution in [0.3, 0.4) is 0 Å². The number of aryl methyl sites for hydroxylation is 2. The molecule has 1 heterocycles. The summed E-state index contributed by atoms with van der Waals surface area (Å²) in [4.78, 5) is 4.70. The van der Waals surface area contributed by atoms with E-state index in [1.54, 1.807) is 7.11 Å². The van der Waals surface area contributed by atoms with Crippen LogP contribution < -0.4 is 10.5 Å². The van der Waals surface area contributed by atoms with Gasteiger partial charge in [-0.1, -0.05) is 6.92 Å². The highest BCUT2D eigenvalue weighted by Crippen LogP contribution is 2.27. The van der Waals surface area contributed by atoms with E-state index in [-0.39, 0.29) is 0 Å². The van der Waals surface area contributed by atoms with Crippen molar-refractivity contribution in [2.24, 2.45) is 0 Å². The van der Waals surface area contributed by atoms with Gasteiger partial charge in [0.2, 0.25) is 0 Å². The number of nitrogen functional groups attached to an aromatic ring is 1. The summed E-state index contributed by atoms with van der Waals surface area (Å²) in [6.07, 6.45) is 0.861. The molecule has 3 aromatic rings. The van der Waals surface area contributed by atoms with E-state index in [1.807, 2.05) is 30.3 Å². The van der Waals surface area contributed by atoms with Crippen LogP contribution in [0.2, 0.25) is 0 Å². The molecule has 0 aliphatic rings. The number of benzene rings is 2. The standard InChI is InChI=1S/C17H19N3O/c1-4-17-19-14-10-12(18)5-7-16(14)20(17)15-8-6-13(21-3)9-11(15)2/h5-10H,4,18H2,1-3H3. The van der Waals surface area contributed by atoms with Crippen molar-refractivity contribution in [3.8, 4) is 11.4 Å². The smallest absolute Gasteiger partial charge is 0.119 e. The van der Waals surface area contributed by atoms with Crippen molar-refractivity contribution in [3.05, 3.63) is 47.8 Å². The summed E-state index contributed by atoms with van der Waals surface area (Å²) in [5, 5.41) is 0. The number of nitrogens with two attached hydrogens (primary N) is 1. The van der Waals surface area contributed by atoms with Crippen molar-refractivity contribution in [1.29, 1.82) is 0 Å². The van der Waals surface area contributed by atoms with E-state index in [9.17, 15) is 0 Å². The molecule has 1 aromatic heterocycles. The first-order valence-electron chi connectivity index (χ1n) is 7.06. The van der Waals surface area contributed by atoms with Crippen LogP contribution in [-0.4, -0.2) is 16.7 Å². The molecule has 2 N–H and O–H groups in total. The molecule has 0 atom stereocenters. The van der Waals surface area contributed by atoms with Gasteiger partial charge in [-0.3, -0.25) is 4.57 Å². The Morgan fingerprint density at radius 1 is 1.19 bits per heavy atom. The monoisotopic (exact) mass is 281 g/mol. The number of hydrogen-bond donors (Lipinski definition) is 1.